The second kappa shape index (κ2) is 6.45. The van der Waals surface area contributed by atoms with Crippen molar-refractivity contribution in [2.75, 3.05) is 13.1 Å². The molecule has 2 aliphatic rings. The van der Waals surface area contributed by atoms with Gasteiger partial charge in [-0.1, -0.05) is 0 Å². The smallest absolute Gasteiger partial charge is 0.339 e. The highest BCUT2D eigenvalue weighted by Crippen LogP contribution is 2.36. The molecule has 0 radical (unpaired) electrons. The predicted molar refractivity (Wildman–Crippen MR) is 90.3 cm³/mol. The molecule has 0 N–H and O–H groups in total. The Morgan fingerprint density at radius 2 is 1.62 bits per heavy atom. The minimum atomic E-state index is -4.45. The van der Waals surface area contributed by atoms with Crippen molar-refractivity contribution >= 4 is 5.91 Å². The molecule has 1 amide bonds. The minimum Gasteiger partial charge on any atom is -0.339 e. The Hall–Kier alpha value is -2.31. The lowest BCUT2D eigenvalue weighted by molar-refractivity contribution is -0.142. The molecule has 0 saturated carbocycles. The van der Waals surface area contributed by atoms with E-state index in [1.807, 2.05) is 4.90 Å². The van der Waals surface area contributed by atoms with E-state index in [9.17, 15) is 18.0 Å². The lowest BCUT2D eigenvalue weighted by Crippen LogP contribution is -2.27. The molecule has 0 spiro atoms. The van der Waals surface area contributed by atoms with Crippen molar-refractivity contribution in [2.24, 2.45) is 0 Å². The topological polar surface area (TPSA) is 38.1 Å². The van der Waals surface area contributed by atoms with Gasteiger partial charge in [-0.25, -0.2) is 4.68 Å². The molecular formula is C19H20F3N3O. The minimum absolute atomic E-state index is 0.0208. The molecule has 138 valence electrons. The first-order valence-corrected chi connectivity index (χ1v) is 9.03. The predicted octanol–water partition coefficient (Wildman–Crippen LogP) is 4.01. The van der Waals surface area contributed by atoms with Crippen LogP contribution in [0, 0.1) is 0 Å². The Balaban J connectivity index is 1.67. The third kappa shape index (κ3) is 2.99. The maximum atomic E-state index is 13.3. The van der Waals surface area contributed by atoms with Gasteiger partial charge < -0.3 is 4.90 Å². The number of carbonyl (C=O) groups excluding carboxylic acids is 1. The summed E-state index contributed by atoms with van der Waals surface area (Å²) in [7, 11) is 0. The van der Waals surface area contributed by atoms with Crippen LogP contribution in [0.3, 0.4) is 0 Å². The van der Waals surface area contributed by atoms with Crippen molar-refractivity contribution in [1.82, 2.24) is 14.7 Å². The molecule has 1 aromatic carbocycles. The first kappa shape index (κ1) is 17.1. The fraction of sp³-hybridized carbons (Fsp3) is 0.474. The first-order valence-electron chi connectivity index (χ1n) is 9.03. The number of aromatic nitrogens is 2. The second-order valence-electron chi connectivity index (χ2n) is 6.94. The second-order valence-corrected chi connectivity index (χ2v) is 6.94. The average Bonchev–Trinajstić information content (AvgIpc) is 3.29. The lowest BCUT2D eigenvalue weighted by Gasteiger charge is -2.16. The Kier molecular flexibility index (Phi) is 4.25. The summed E-state index contributed by atoms with van der Waals surface area (Å²) in [6, 6.07) is 6.73. The zero-order valence-electron chi connectivity index (χ0n) is 14.4. The van der Waals surface area contributed by atoms with Crippen molar-refractivity contribution in [2.45, 2.75) is 44.7 Å². The van der Waals surface area contributed by atoms with E-state index in [2.05, 4.69) is 5.10 Å². The van der Waals surface area contributed by atoms with E-state index in [4.69, 9.17) is 0 Å². The van der Waals surface area contributed by atoms with E-state index in [1.165, 1.54) is 4.68 Å². The van der Waals surface area contributed by atoms with E-state index < -0.39 is 11.9 Å². The van der Waals surface area contributed by atoms with Gasteiger partial charge in [0.05, 0.1) is 5.69 Å². The summed E-state index contributed by atoms with van der Waals surface area (Å²) in [6.45, 7) is 1.53. The molecule has 26 heavy (non-hydrogen) atoms. The number of nitrogens with zero attached hydrogens (tertiary/aromatic N) is 3. The third-order valence-corrected chi connectivity index (χ3v) is 5.20. The molecule has 0 atom stereocenters. The van der Waals surface area contributed by atoms with Gasteiger partial charge in [0.2, 0.25) is 0 Å². The van der Waals surface area contributed by atoms with Crippen LogP contribution in [0.4, 0.5) is 13.2 Å². The van der Waals surface area contributed by atoms with Crippen LogP contribution < -0.4 is 0 Å². The quantitative estimate of drug-likeness (QED) is 0.809. The molecule has 2 heterocycles. The Morgan fingerprint density at radius 3 is 2.27 bits per heavy atom. The number of likely N-dealkylation sites (tertiary alicyclic amines) is 1. The highest BCUT2D eigenvalue weighted by atomic mass is 19.4. The summed E-state index contributed by atoms with van der Waals surface area (Å²) in [5.41, 5.74) is 1.32. The molecule has 0 unspecified atom stereocenters. The van der Waals surface area contributed by atoms with Gasteiger partial charge in [0.15, 0.2) is 5.69 Å². The molecule has 2 aromatic rings. The summed E-state index contributed by atoms with van der Waals surface area (Å²) in [4.78, 5) is 14.2. The molecule has 4 nitrogen and oxygen atoms in total. The van der Waals surface area contributed by atoms with Crippen LogP contribution in [0.15, 0.2) is 24.3 Å². The van der Waals surface area contributed by atoms with Crippen LogP contribution in [-0.4, -0.2) is 33.7 Å². The van der Waals surface area contributed by atoms with Crippen molar-refractivity contribution in [1.29, 1.82) is 0 Å². The van der Waals surface area contributed by atoms with Crippen LogP contribution in [0.5, 0.6) is 0 Å². The van der Waals surface area contributed by atoms with Crippen LogP contribution in [-0.2, 0) is 19.0 Å². The molecular weight excluding hydrogens is 343 g/mol. The summed E-state index contributed by atoms with van der Waals surface area (Å²) < 4.78 is 41.4. The summed E-state index contributed by atoms with van der Waals surface area (Å²) >= 11 is 0. The first-order chi connectivity index (χ1) is 12.4. The molecule has 1 fully saturated rings. The highest BCUT2D eigenvalue weighted by molar-refractivity contribution is 5.94. The van der Waals surface area contributed by atoms with E-state index in [1.54, 1.807) is 24.3 Å². The van der Waals surface area contributed by atoms with Crippen LogP contribution in [0.25, 0.3) is 5.69 Å². The number of halogens is 3. The van der Waals surface area contributed by atoms with E-state index in [-0.39, 0.29) is 5.91 Å². The monoisotopic (exact) mass is 363 g/mol. The van der Waals surface area contributed by atoms with Gasteiger partial charge in [-0.15, -0.1) is 0 Å². The number of hydrogen-bond acceptors (Lipinski definition) is 2. The van der Waals surface area contributed by atoms with Gasteiger partial charge in [-0.05, 0) is 62.8 Å². The normalized spacial score (nSPS) is 17.4. The SMILES string of the molecule is O=C(c1ccc(-n2nc(C(F)(F)F)c3c2CCCC3)cc1)N1CCCC1. The standard InChI is InChI=1S/C19H20F3N3O/c20-19(21,22)17-15-5-1-2-6-16(15)25(23-17)14-9-7-13(8-10-14)18(26)24-11-3-4-12-24/h7-10H,1-6,11-12H2. The van der Waals surface area contributed by atoms with Crippen molar-refractivity contribution in [3.05, 3.63) is 46.8 Å². The van der Waals surface area contributed by atoms with Crippen molar-refractivity contribution < 1.29 is 18.0 Å². The zero-order chi connectivity index (χ0) is 18.3. The third-order valence-electron chi connectivity index (χ3n) is 5.20. The number of alkyl halides is 3. The Bertz CT molecular complexity index is 818. The highest BCUT2D eigenvalue weighted by Gasteiger charge is 2.39. The fourth-order valence-electron chi connectivity index (χ4n) is 3.89. The summed E-state index contributed by atoms with van der Waals surface area (Å²) in [6.07, 6.45) is 0.209. The van der Waals surface area contributed by atoms with Crippen molar-refractivity contribution in [3.63, 3.8) is 0 Å². The molecule has 7 heteroatoms. The largest absolute Gasteiger partial charge is 0.435 e. The van der Waals surface area contributed by atoms with Gasteiger partial charge in [0, 0.05) is 29.9 Å². The van der Waals surface area contributed by atoms with Crippen LogP contribution in [0.2, 0.25) is 0 Å². The lowest BCUT2D eigenvalue weighted by atomic mass is 9.95. The number of rotatable bonds is 2. The zero-order valence-corrected chi connectivity index (χ0v) is 14.4. The van der Waals surface area contributed by atoms with E-state index in [0.717, 1.165) is 38.8 Å². The molecule has 1 aliphatic heterocycles. The van der Waals surface area contributed by atoms with E-state index >= 15 is 0 Å². The van der Waals surface area contributed by atoms with Crippen LogP contribution in [0.1, 0.15) is 53.0 Å². The molecule has 4 rings (SSSR count). The molecule has 1 aromatic heterocycles. The Labute approximate surface area is 149 Å². The maximum Gasteiger partial charge on any atom is 0.435 e. The molecule has 0 bridgehead atoms. The number of carbonyl (C=O) groups is 1. The summed E-state index contributed by atoms with van der Waals surface area (Å²) in [5, 5.41) is 3.88. The number of fused-ring (bicyclic) bond motifs is 1. The number of amides is 1. The van der Waals surface area contributed by atoms with E-state index in [0.29, 0.717) is 35.3 Å². The van der Waals surface area contributed by atoms with Gasteiger partial charge in [0.1, 0.15) is 0 Å². The van der Waals surface area contributed by atoms with Crippen LogP contribution >= 0.6 is 0 Å². The number of hydrogen-bond donors (Lipinski definition) is 0. The Morgan fingerprint density at radius 1 is 0.962 bits per heavy atom. The van der Waals surface area contributed by atoms with Gasteiger partial charge in [0.25, 0.3) is 5.91 Å². The molecule has 1 aliphatic carbocycles. The van der Waals surface area contributed by atoms with Gasteiger partial charge in [-0.2, -0.15) is 18.3 Å². The fourth-order valence-corrected chi connectivity index (χ4v) is 3.89. The average molecular weight is 363 g/mol. The van der Waals surface area contributed by atoms with Crippen molar-refractivity contribution in [3.8, 4) is 5.69 Å². The van der Waals surface area contributed by atoms with Gasteiger partial charge >= 0.3 is 6.18 Å². The molecule has 1 saturated heterocycles. The number of benzene rings is 1. The van der Waals surface area contributed by atoms with Gasteiger partial charge in [-0.3, -0.25) is 4.79 Å². The maximum absolute atomic E-state index is 13.3. The summed E-state index contributed by atoms with van der Waals surface area (Å²) in [5.74, 6) is -0.0208.